The molecule has 0 atom stereocenters. The summed E-state index contributed by atoms with van der Waals surface area (Å²) in [5.74, 6) is 0.460. The molecule has 0 bridgehead atoms. The third kappa shape index (κ3) is 2.61. The monoisotopic (exact) mass is 207 g/mol. The standard InChI is InChI=1S/C11H13NO3/c1-15-11-6-10(14)9(7-12)5-8(11)3-2-4-13/h5-6,13-14H,2-4H2,1H3. The summed E-state index contributed by atoms with van der Waals surface area (Å²) >= 11 is 0. The van der Waals surface area contributed by atoms with E-state index in [0.29, 0.717) is 18.6 Å². The first kappa shape index (κ1) is 11.3. The molecule has 0 amide bonds. The number of phenols is 1. The number of hydrogen-bond acceptors (Lipinski definition) is 4. The van der Waals surface area contributed by atoms with Gasteiger partial charge in [0.05, 0.1) is 12.7 Å². The van der Waals surface area contributed by atoms with E-state index in [1.54, 1.807) is 6.07 Å². The Labute approximate surface area is 88.4 Å². The molecule has 80 valence electrons. The zero-order valence-electron chi connectivity index (χ0n) is 8.53. The number of aryl methyl sites for hydroxylation is 1. The molecule has 4 heteroatoms. The number of hydrogen-bond donors (Lipinski definition) is 2. The first-order valence-electron chi connectivity index (χ1n) is 4.63. The van der Waals surface area contributed by atoms with Crippen LogP contribution in [-0.2, 0) is 6.42 Å². The van der Waals surface area contributed by atoms with Gasteiger partial charge in [-0.3, -0.25) is 0 Å². The quantitative estimate of drug-likeness (QED) is 0.778. The van der Waals surface area contributed by atoms with E-state index < -0.39 is 0 Å². The number of rotatable bonds is 4. The van der Waals surface area contributed by atoms with Crippen LogP contribution in [0.3, 0.4) is 0 Å². The highest BCUT2D eigenvalue weighted by molar-refractivity contribution is 5.51. The molecule has 15 heavy (non-hydrogen) atoms. The number of aliphatic hydroxyl groups is 1. The molecule has 0 radical (unpaired) electrons. The Bertz CT molecular complexity index is 382. The van der Waals surface area contributed by atoms with Crippen molar-refractivity contribution in [2.24, 2.45) is 0 Å². The van der Waals surface area contributed by atoms with Crippen LogP contribution in [0.1, 0.15) is 17.5 Å². The largest absolute Gasteiger partial charge is 0.506 e. The van der Waals surface area contributed by atoms with Gasteiger partial charge in [-0.15, -0.1) is 0 Å². The highest BCUT2D eigenvalue weighted by atomic mass is 16.5. The van der Waals surface area contributed by atoms with Crippen LogP contribution in [-0.4, -0.2) is 23.9 Å². The molecule has 4 nitrogen and oxygen atoms in total. The maximum Gasteiger partial charge on any atom is 0.137 e. The first-order chi connectivity index (χ1) is 7.22. The number of nitrogens with zero attached hydrogens (tertiary/aromatic N) is 1. The second kappa shape index (κ2) is 5.23. The Morgan fingerprint density at radius 3 is 2.73 bits per heavy atom. The molecular formula is C11H13NO3. The van der Waals surface area contributed by atoms with Gasteiger partial charge in [-0.05, 0) is 24.5 Å². The minimum atomic E-state index is -0.0814. The number of nitriles is 1. The summed E-state index contributed by atoms with van der Waals surface area (Å²) in [6.07, 6.45) is 1.22. The van der Waals surface area contributed by atoms with Gasteiger partial charge in [-0.2, -0.15) is 5.26 Å². The summed E-state index contributed by atoms with van der Waals surface area (Å²) in [4.78, 5) is 0. The maximum absolute atomic E-state index is 9.42. The predicted molar refractivity (Wildman–Crippen MR) is 54.8 cm³/mol. The van der Waals surface area contributed by atoms with Crippen LogP contribution in [0.5, 0.6) is 11.5 Å². The Morgan fingerprint density at radius 1 is 1.47 bits per heavy atom. The molecular weight excluding hydrogens is 194 g/mol. The van der Waals surface area contributed by atoms with Crippen LogP contribution in [0.25, 0.3) is 0 Å². The molecule has 0 aliphatic heterocycles. The fourth-order valence-corrected chi connectivity index (χ4v) is 1.36. The average Bonchev–Trinajstić information content (AvgIpc) is 2.26. The molecule has 0 aliphatic carbocycles. The van der Waals surface area contributed by atoms with Gasteiger partial charge in [0, 0.05) is 12.7 Å². The van der Waals surface area contributed by atoms with Gasteiger partial charge in [0.15, 0.2) is 0 Å². The predicted octanol–water partition coefficient (Wildman–Crippen LogP) is 1.20. The lowest BCUT2D eigenvalue weighted by molar-refractivity contribution is 0.287. The summed E-state index contributed by atoms with van der Waals surface area (Å²) in [6.45, 7) is 0.0892. The minimum Gasteiger partial charge on any atom is -0.506 e. The van der Waals surface area contributed by atoms with E-state index in [9.17, 15) is 5.11 Å². The van der Waals surface area contributed by atoms with Gasteiger partial charge in [-0.1, -0.05) is 0 Å². The van der Waals surface area contributed by atoms with Gasteiger partial charge in [0.1, 0.15) is 17.6 Å². The second-order valence-electron chi connectivity index (χ2n) is 3.12. The van der Waals surface area contributed by atoms with Gasteiger partial charge >= 0.3 is 0 Å². The number of aliphatic hydroxyl groups excluding tert-OH is 1. The van der Waals surface area contributed by atoms with E-state index in [-0.39, 0.29) is 17.9 Å². The van der Waals surface area contributed by atoms with Crippen molar-refractivity contribution in [1.29, 1.82) is 5.26 Å². The Kier molecular flexibility index (Phi) is 3.95. The number of phenolic OH excluding ortho intramolecular Hbond substituents is 1. The van der Waals surface area contributed by atoms with Crippen molar-refractivity contribution < 1.29 is 14.9 Å². The van der Waals surface area contributed by atoms with Crippen molar-refractivity contribution in [3.05, 3.63) is 23.3 Å². The first-order valence-corrected chi connectivity index (χ1v) is 4.63. The second-order valence-corrected chi connectivity index (χ2v) is 3.12. The van der Waals surface area contributed by atoms with E-state index in [2.05, 4.69) is 0 Å². The molecule has 0 saturated carbocycles. The zero-order chi connectivity index (χ0) is 11.3. The van der Waals surface area contributed by atoms with E-state index in [1.807, 2.05) is 6.07 Å². The minimum absolute atomic E-state index is 0.0814. The SMILES string of the molecule is COc1cc(O)c(C#N)cc1CCCO. The van der Waals surface area contributed by atoms with Crippen LogP contribution in [0.2, 0.25) is 0 Å². The summed E-state index contributed by atoms with van der Waals surface area (Å²) in [7, 11) is 1.50. The van der Waals surface area contributed by atoms with Crippen LogP contribution >= 0.6 is 0 Å². The molecule has 1 rings (SSSR count). The lowest BCUT2D eigenvalue weighted by atomic mass is 10.0. The zero-order valence-corrected chi connectivity index (χ0v) is 8.53. The molecule has 0 fully saturated rings. The molecule has 2 N–H and O–H groups in total. The van der Waals surface area contributed by atoms with Crippen molar-refractivity contribution >= 4 is 0 Å². The fraction of sp³-hybridized carbons (Fsp3) is 0.364. The van der Waals surface area contributed by atoms with Crippen molar-refractivity contribution in [2.75, 3.05) is 13.7 Å². The average molecular weight is 207 g/mol. The van der Waals surface area contributed by atoms with Crippen LogP contribution in [0, 0.1) is 11.3 Å². The topological polar surface area (TPSA) is 73.5 Å². The van der Waals surface area contributed by atoms with Crippen LogP contribution in [0.4, 0.5) is 0 Å². The molecule has 0 heterocycles. The number of aromatic hydroxyl groups is 1. The maximum atomic E-state index is 9.42. The highest BCUT2D eigenvalue weighted by Crippen LogP contribution is 2.28. The van der Waals surface area contributed by atoms with Crippen molar-refractivity contribution in [2.45, 2.75) is 12.8 Å². The van der Waals surface area contributed by atoms with E-state index >= 15 is 0 Å². The third-order valence-corrected chi connectivity index (χ3v) is 2.12. The number of benzene rings is 1. The van der Waals surface area contributed by atoms with Crippen LogP contribution in [0.15, 0.2) is 12.1 Å². The van der Waals surface area contributed by atoms with Crippen molar-refractivity contribution in [1.82, 2.24) is 0 Å². The lowest BCUT2D eigenvalue weighted by Gasteiger charge is -2.09. The molecule has 0 aliphatic rings. The van der Waals surface area contributed by atoms with Gasteiger partial charge < -0.3 is 14.9 Å². The summed E-state index contributed by atoms with van der Waals surface area (Å²) in [6, 6.07) is 4.90. The van der Waals surface area contributed by atoms with Crippen molar-refractivity contribution in [3.8, 4) is 17.6 Å². The Hall–Kier alpha value is -1.73. The van der Waals surface area contributed by atoms with Gasteiger partial charge in [-0.25, -0.2) is 0 Å². The number of methoxy groups -OCH3 is 1. The molecule has 1 aromatic carbocycles. The van der Waals surface area contributed by atoms with Crippen LogP contribution < -0.4 is 4.74 Å². The normalized spacial score (nSPS) is 9.67. The Balaban J connectivity index is 3.06. The molecule has 1 aromatic rings. The third-order valence-electron chi connectivity index (χ3n) is 2.12. The summed E-state index contributed by atoms with van der Waals surface area (Å²) in [5.41, 5.74) is 1.05. The molecule has 0 unspecified atom stereocenters. The smallest absolute Gasteiger partial charge is 0.137 e. The summed E-state index contributed by atoms with van der Waals surface area (Å²) < 4.78 is 5.07. The van der Waals surface area contributed by atoms with E-state index in [4.69, 9.17) is 15.1 Å². The molecule has 0 aromatic heterocycles. The lowest BCUT2D eigenvalue weighted by Crippen LogP contribution is -1.95. The van der Waals surface area contributed by atoms with Gasteiger partial charge in [0.25, 0.3) is 0 Å². The fourth-order valence-electron chi connectivity index (χ4n) is 1.36. The number of ether oxygens (including phenoxy) is 1. The van der Waals surface area contributed by atoms with Crippen molar-refractivity contribution in [3.63, 3.8) is 0 Å². The van der Waals surface area contributed by atoms with E-state index in [1.165, 1.54) is 13.2 Å². The summed E-state index contributed by atoms with van der Waals surface area (Å²) in [5, 5.41) is 26.9. The molecule has 0 spiro atoms. The van der Waals surface area contributed by atoms with E-state index in [0.717, 1.165) is 5.56 Å². The van der Waals surface area contributed by atoms with Gasteiger partial charge in [0.2, 0.25) is 0 Å². The molecule has 0 saturated heterocycles. The highest BCUT2D eigenvalue weighted by Gasteiger charge is 2.09. The Morgan fingerprint density at radius 2 is 2.20 bits per heavy atom.